The number of aliphatic hydroxyl groups excluding tert-OH is 1. The minimum atomic E-state index is -1.71. The molecule has 2 amide bonds. The third kappa shape index (κ3) is 5.56. The molecule has 2 aliphatic rings. The summed E-state index contributed by atoms with van der Waals surface area (Å²) in [5.41, 5.74) is 2.98. The molecule has 1 saturated heterocycles. The maximum atomic E-state index is 13.9. The predicted molar refractivity (Wildman–Crippen MR) is 168 cm³/mol. The summed E-state index contributed by atoms with van der Waals surface area (Å²) in [6.45, 7) is 3.35. The standard InChI is InChI=1S/C35H37N5O4/c1-25(11-7-8-19-38-23-31(36-37-38)29(24-41)27-13-3-2-4-14-27)35(44)30-16-5-6-17-32(30)40(34(35)43)22-26-12-9-15-28(21-26)39-20-10-18-33(39)42/h2-7,9,11-17,21,23,25,29,41,44H,8,10,18-20,22,24H2,1H3/b11-7+/t25-,29?,35+/m1/s1. The van der Waals surface area contributed by atoms with Gasteiger partial charge in [-0.05, 0) is 42.2 Å². The molecule has 3 aromatic carbocycles. The Morgan fingerprint density at radius 1 is 1.02 bits per heavy atom. The van der Waals surface area contributed by atoms with E-state index in [1.54, 1.807) is 14.5 Å². The first kappa shape index (κ1) is 29.5. The van der Waals surface area contributed by atoms with Crippen molar-refractivity contribution in [2.24, 2.45) is 5.92 Å². The van der Waals surface area contributed by atoms with Crippen molar-refractivity contribution < 1.29 is 19.8 Å². The Kier molecular flexibility index (Phi) is 8.41. The average molecular weight is 592 g/mol. The molecule has 0 bridgehead atoms. The topological polar surface area (TPSA) is 112 Å². The van der Waals surface area contributed by atoms with Crippen LogP contribution >= 0.6 is 0 Å². The SMILES string of the molecule is C[C@H](/C=C/CCn1cc(C(CO)c2ccccc2)nn1)[C@@]1(O)C(=O)N(Cc2cccc(N3CCCC3=O)c2)c2ccccc21. The second-order valence-electron chi connectivity index (χ2n) is 11.6. The third-order valence-electron chi connectivity index (χ3n) is 8.72. The summed E-state index contributed by atoms with van der Waals surface area (Å²) in [4.78, 5) is 29.7. The lowest BCUT2D eigenvalue weighted by atomic mass is 9.83. The van der Waals surface area contributed by atoms with Crippen molar-refractivity contribution in [2.45, 2.75) is 50.8 Å². The second-order valence-corrected chi connectivity index (χ2v) is 11.6. The summed E-state index contributed by atoms with van der Waals surface area (Å²) in [5, 5.41) is 30.4. The van der Waals surface area contributed by atoms with Crippen molar-refractivity contribution in [3.05, 3.63) is 120 Å². The number of anilines is 2. The number of aryl methyl sites for hydroxylation is 1. The molecule has 6 rings (SSSR count). The van der Waals surface area contributed by atoms with Gasteiger partial charge in [0, 0.05) is 42.9 Å². The molecule has 0 radical (unpaired) electrons. The van der Waals surface area contributed by atoms with Crippen LogP contribution < -0.4 is 9.80 Å². The number of hydrogen-bond acceptors (Lipinski definition) is 6. The summed E-state index contributed by atoms with van der Waals surface area (Å²) < 4.78 is 1.74. The van der Waals surface area contributed by atoms with Gasteiger partial charge in [-0.15, -0.1) is 5.10 Å². The van der Waals surface area contributed by atoms with Gasteiger partial charge in [-0.1, -0.05) is 85.0 Å². The molecular formula is C35H37N5O4. The molecule has 3 atom stereocenters. The number of para-hydroxylation sites is 1. The monoisotopic (exact) mass is 591 g/mol. The van der Waals surface area contributed by atoms with Crippen LogP contribution in [-0.2, 0) is 28.3 Å². The number of benzene rings is 3. The van der Waals surface area contributed by atoms with E-state index in [-0.39, 0.29) is 30.9 Å². The van der Waals surface area contributed by atoms with Crippen LogP contribution in [0.1, 0.15) is 54.5 Å². The van der Waals surface area contributed by atoms with E-state index in [9.17, 15) is 19.8 Å². The maximum absolute atomic E-state index is 13.9. The van der Waals surface area contributed by atoms with Gasteiger partial charge in [0.05, 0.1) is 30.5 Å². The van der Waals surface area contributed by atoms with Crippen molar-refractivity contribution in [2.75, 3.05) is 23.0 Å². The van der Waals surface area contributed by atoms with Crippen LogP contribution in [0.2, 0.25) is 0 Å². The molecule has 4 aromatic rings. The van der Waals surface area contributed by atoms with Crippen LogP contribution in [0.15, 0.2) is 97.2 Å². The van der Waals surface area contributed by atoms with Crippen LogP contribution in [0, 0.1) is 5.92 Å². The van der Waals surface area contributed by atoms with E-state index in [1.807, 2.05) is 104 Å². The van der Waals surface area contributed by atoms with Gasteiger partial charge in [0.1, 0.15) is 0 Å². The Hall–Kier alpha value is -4.60. The first-order chi connectivity index (χ1) is 21.4. The number of hydrogen-bond donors (Lipinski definition) is 2. The number of fused-ring (bicyclic) bond motifs is 1. The summed E-state index contributed by atoms with van der Waals surface area (Å²) in [7, 11) is 0. The summed E-state index contributed by atoms with van der Waals surface area (Å²) in [5.74, 6) is -0.977. The molecule has 2 N–H and O–H groups in total. The van der Waals surface area contributed by atoms with Gasteiger partial charge in [-0.3, -0.25) is 14.3 Å². The molecule has 0 saturated carbocycles. The molecule has 1 fully saturated rings. The maximum Gasteiger partial charge on any atom is 0.264 e. The largest absolute Gasteiger partial charge is 0.395 e. The first-order valence-corrected chi connectivity index (χ1v) is 15.2. The molecule has 1 aromatic heterocycles. The number of amides is 2. The highest BCUT2D eigenvalue weighted by atomic mass is 16.3. The highest BCUT2D eigenvalue weighted by Crippen LogP contribution is 2.45. The van der Waals surface area contributed by atoms with E-state index in [0.717, 1.165) is 23.2 Å². The number of aliphatic hydroxyl groups is 2. The van der Waals surface area contributed by atoms with E-state index in [0.29, 0.717) is 42.9 Å². The predicted octanol–water partition coefficient (Wildman–Crippen LogP) is 4.55. The second kappa shape index (κ2) is 12.6. The third-order valence-corrected chi connectivity index (χ3v) is 8.72. The number of carbonyl (C=O) groups excluding carboxylic acids is 2. The van der Waals surface area contributed by atoms with Gasteiger partial charge in [0.2, 0.25) is 5.91 Å². The van der Waals surface area contributed by atoms with Crippen molar-refractivity contribution in [1.82, 2.24) is 15.0 Å². The van der Waals surface area contributed by atoms with E-state index in [1.165, 1.54) is 0 Å². The molecule has 2 aliphatic heterocycles. The van der Waals surface area contributed by atoms with E-state index >= 15 is 0 Å². The van der Waals surface area contributed by atoms with Crippen LogP contribution in [-0.4, -0.2) is 50.2 Å². The lowest BCUT2D eigenvalue weighted by Crippen LogP contribution is -2.44. The fraction of sp³-hybridized carbons (Fsp3) is 0.314. The van der Waals surface area contributed by atoms with Crippen molar-refractivity contribution >= 4 is 23.2 Å². The zero-order chi connectivity index (χ0) is 30.7. The molecule has 3 heterocycles. The minimum Gasteiger partial charge on any atom is -0.395 e. The normalized spacial score (nSPS) is 19.6. The van der Waals surface area contributed by atoms with Crippen LogP contribution in [0.3, 0.4) is 0 Å². The number of nitrogens with zero attached hydrogens (tertiary/aromatic N) is 5. The quantitative estimate of drug-likeness (QED) is 0.248. The Balaban J connectivity index is 1.14. The van der Waals surface area contributed by atoms with E-state index in [2.05, 4.69) is 10.3 Å². The number of carbonyl (C=O) groups is 2. The summed E-state index contributed by atoms with van der Waals surface area (Å²) in [6, 6.07) is 24.9. The molecule has 1 unspecified atom stereocenters. The summed E-state index contributed by atoms with van der Waals surface area (Å²) >= 11 is 0. The highest BCUT2D eigenvalue weighted by molar-refractivity contribution is 6.07. The molecule has 226 valence electrons. The molecule has 0 aliphatic carbocycles. The zero-order valence-corrected chi connectivity index (χ0v) is 24.8. The van der Waals surface area contributed by atoms with Gasteiger partial charge in [0.15, 0.2) is 5.60 Å². The van der Waals surface area contributed by atoms with Crippen LogP contribution in [0.5, 0.6) is 0 Å². The Morgan fingerprint density at radius 2 is 1.82 bits per heavy atom. The number of rotatable bonds is 11. The number of aromatic nitrogens is 3. The van der Waals surface area contributed by atoms with Crippen LogP contribution in [0.25, 0.3) is 0 Å². The Morgan fingerprint density at radius 3 is 2.59 bits per heavy atom. The van der Waals surface area contributed by atoms with Gasteiger partial charge >= 0.3 is 0 Å². The van der Waals surface area contributed by atoms with Crippen molar-refractivity contribution in [3.8, 4) is 0 Å². The lowest BCUT2D eigenvalue weighted by molar-refractivity contribution is -0.139. The van der Waals surface area contributed by atoms with Crippen LogP contribution in [0.4, 0.5) is 11.4 Å². The molecule has 9 heteroatoms. The van der Waals surface area contributed by atoms with E-state index in [4.69, 9.17) is 0 Å². The number of allylic oxidation sites excluding steroid dienone is 1. The highest BCUT2D eigenvalue weighted by Gasteiger charge is 2.52. The molecule has 0 spiro atoms. The van der Waals surface area contributed by atoms with Crippen molar-refractivity contribution in [3.63, 3.8) is 0 Å². The van der Waals surface area contributed by atoms with Gasteiger partial charge in [-0.2, -0.15) is 0 Å². The zero-order valence-electron chi connectivity index (χ0n) is 24.8. The van der Waals surface area contributed by atoms with Gasteiger partial charge in [0.25, 0.3) is 5.91 Å². The van der Waals surface area contributed by atoms with Gasteiger partial charge in [-0.25, -0.2) is 0 Å². The minimum absolute atomic E-state index is 0.0607. The molecule has 44 heavy (non-hydrogen) atoms. The Bertz CT molecular complexity index is 1670. The average Bonchev–Trinajstić information content (AvgIpc) is 3.75. The van der Waals surface area contributed by atoms with Gasteiger partial charge < -0.3 is 20.0 Å². The lowest BCUT2D eigenvalue weighted by Gasteiger charge is -2.28. The molecular weight excluding hydrogens is 554 g/mol. The fourth-order valence-electron chi connectivity index (χ4n) is 6.27. The molecule has 9 nitrogen and oxygen atoms in total. The first-order valence-electron chi connectivity index (χ1n) is 15.2. The van der Waals surface area contributed by atoms with Crippen molar-refractivity contribution in [1.29, 1.82) is 0 Å². The van der Waals surface area contributed by atoms with E-state index < -0.39 is 11.5 Å². The summed E-state index contributed by atoms with van der Waals surface area (Å²) in [6.07, 6.45) is 7.72. The fourth-order valence-corrected chi connectivity index (χ4v) is 6.27. The Labute approximate surface area is 257 Å². The smallest absolute Gasteiger partial charge is 0.264 e.